The summed E-state index contributed by atoms with van der Waals surface area (Å²) >= 11 is 6.04. The van der Waals surface area contributed by atoms with Gasteiger partial charge in [0, 0.05) is 17.0 Å². The number of hydrogen-bond acceptors (Lipinski definition) is 6. The average Bonchev–Trinajstić information content (AvgIpc) is 2.49. The highest BCUT2D eigenvalue weighted by Gasteiger charge is 2.12. The van der Waals surface area contributed by atoms with Gasteiger partial charge in [0.15, 0.2) is 0 Å². The summed E-state index contributed by atoms with van der Waals surface area (Å²) in [6, 6.07) is 5.34. The predicted octanol–water partition coefficient (Wildman–Crippen LogP) is 3.04. The molecular weight excluding hydrogens is 290 g/mol. The third-order valence-electron chi connectivity index (χ3n) is 3.06. The van der Waals surface area contributed by atoms with Crippen LogP contribution in [0.2, 0.25) is 5.02 Å². The van der Waals surface area contributed by atoms with Gasteiger partial charge in [-0.15, -0.1) is 0 Å². The molecule has 6 nitrogen and oxygen atoms in total. The van der Waals surface area contributed by atoms with Gasteiger partial charge in [0.25, 0.3) is 0 Å². The van der Waals surface area contributed by atoms with Crippen LogP contribution in [0.1, 0.15) is 18.3 Å². The Morgan fingerprint density at radius 3 is 2.62 bits per heavy atom. The molecule has 0 fully saturated rings. The number of halogens is 1. The number of aromatic nitrogens is 2. The number of nitrogens with two attached hydrogens (primary N) is 1. The maximum absolute atomic E-state index is 6.04. The van der Waals surface area contributed by atoms with Gasteiger partial charge in [-0.1, -0.05) is 18.5 Å². The van der Waals surface area contributed by atoms with Crippen LogP contribution >= 0.6 is 11.6 Å². The second kappa shape index (κ2) is 6.60. The molecule has 0 radical (unpaired) electrons. The van der Waals surface area contributed by atoms with Gasteiger partial charge in [0.1, 0.15) is 23.2 Å². The molecule has 0 aliphatic rings. The highest BCUT2D eigenvalue weighted by Crippen LogP contribution is 2.32. The number of methoxy groups -OCH3 is 1. The monoisotopic (exact) mass is 307 g/mol. The van der Waals surface area contributed by atoms with E-state index in [0.29, 0.717) is 34.7 Å². The lowest BCUT2D eigenvalue weighted by atomic mass is 10.2. The van der Waals surface area contributed by atoms with E-state index in [4.69, 9.17) is 22.2 Å². The minimum atomic E-state index is 0.588. The van der Waals surface area contributed by atoms with Crippen LogP contribution < -0.4 is 21.3 Å². The normalized spacial score (nSPS) is 10.3. The van der Waals surface area contributed by atoms with E-state index < -0.39 is 0 Å². The summed E-state index contributed by atoms with van der Waals surface area (Å²) in [5.74, 6) is 8.12. The van der Waals surface area contributed by atoms with E-state index in [0.717, 1.165) is 11.3 Å². The molecule has 2 rings (SSSR count). The predicted molar refractivity (Wildman–Crippen MR) is 85.2 cm³/mol. The van der Waals surface area contributed by atoms with E-state index in [1.54, 1.807) is 25.3 Å². The van der Waals surface area contributed by atoms with Crippen molar-refractivity contribution in [3.8, 4) is 5.75 Å². The Morgan fingerprint density at radius 1 is 1.29 bits per heavy atom. The number of nitrogens with zero attached hydrogens (tertiary/aromatic N) is 2. The van der Waals surface area contributed by atoms with Crippen LogP contribution in [0.25, 0.3) is 0 Å². The third kappa shape index (κ3) is 3.34. The molecule has 0 amide bonds. The Hall–Kier alpha value is -2.05. The largest absolute Gasteiger partial charge is 0.495 e. The molecule has 0 aliphatic carbocycles. The second-order valence-electron chi connectivity index (χ2n) is 4.43. The van der Waals surface area contributed by atoms with Crippen molar-refractivity contribution in [2.75, 3.05) is 17.9 Å². The number of ether oxygens (including phenoxy) is 1. The molecule has 0 spiro atoms. The zero-order valence-electron chi connectivity index (χ0n) is 12.2. The first-order valence-corrected chi connectivity index (χ1v) is 6.91. The molecule has 0 saturated heterocycles. The fourth-order valence-electron chi connectivity index (χ4n) is 1.89. The van der Waals surface area contributed by atoms with Crippen LogP contribution in [-0.2, 0) is 6.42 Å². The third-order valence-corrected chi connectivity index (χ3v) is 3.29. The second-order valence-corrected chi connectivity index (χ2v) is 4.87. The number of aryl methyl sites for hydroxylation is 1. The molecule has 2 aromatic rings. The number of rotatable bonds is 5. The van der Waals surface area contributed by atoms with Crippen molar-refractivity contribution in [1.82, 2.24) is 9.97 Å². The number of hydrazine groups is 1. The lowest BCUT2D eigenvalue weighted by Gasteiger charge is -2.15. The maximum atomic E-state index is 6.04. The summed E-state index contributed by atoms with van der Waals surface area (Å²) < 4.78 is 5.32. The van der Waals surface area contributed by atoms with E-state index in [2.05, 4.69) is 20.7 Å². The molecule has 1 heterocycles. The topological polar surface area (TPSA) is 85.1 Å². The quantitative estimate of drug-likeness (QED) is 0.581. The van der Waals surface area contributed by atoms with Gasteiger partial charge in [0.2, 0.25) is 0 Å². The first-order chi connectivity index (χ1) is 10.1. The van der Waals surface area contributed by atoms with E-state index in [9.17, 15) is 0 Å². The van der Waals surface area contributed by atoms with Crippen LogP contribution in [0.3, 0.4) is 0 Å². The molecular formula is C14H18ClN5O. The SMILES string of the molecule is CCc1nc(NN)c(C)c(Nc2cc(Cl)ccc2OC)n1. The molecule has 0 bridgehead atoms. The summed E-state index contributed by atoms with van der Waals surface area (Å²) in [7, 11) is 1.60. The maximum Gasteiger partial charge on any atom is 0.148 e. The van der Waals surface area contributed by atoms with E-state index in [1.807, 2.05) is 13.8 Å². The smallest absolute Gasteiger partial charge is 0.148 e. The average molecular weight is 308 g/mol. The summed E-state index contributed by atoms with van der Waals surface area (Å²) in [6.07, 6.45) is 0.705. The van der Waals surface area contributed by atoms with Crippen LogP contribution in [0.15, 0.2) is 18.2 Å². The number of hydrogen-bond donors (Lipinski definition) is 3. The van der Waals surface area contributed by atoms with Gasteiger partial charge in [-0.2, -0.15) is 0 Å². The van der Waals surface area contributed by atoms with Gasteiger partial charge in [-0.3, -0.25) is 0 Å². The zero-order chi connectivity index (χ0) is 15.4. The minimum Gasteiger partial charge on any atom is -0.495 e. The van der Waals surface area contributed by atoms with Crippen LogP contribution in [0.4, 0.5) is 17.3 Å². The van der Waals surface area contributed by atoms with Crippen molar-refractivity contribution in [2.24, 2.45) is 5.84 Å². The fourth-order valence-corrected chi connectivity index (χ4v) is 2.06. The molecule has 21 heavy (non-hydrogen) atoms. The standard InChI is InChI=1S/C14H18ClN5O/c1-4-12-18-13(8(2)14(19-12)20-16)17-10-7-9(15)5-6-11(10)21-3/h5-7H,4,16H2,1-3H3,(H2,17,18,19,20). The molecule has 112 valence electrons. The van der Waals surface area contributed by atoms with Crippen LogP contribution in [-0.4, -0.2) is 17.1 Å². The van der Waals surface area contributed by atoms with Gasteiger partial charge in [-0.05, 0) is 25.1 Å². The van der Waals surface area contributed by atoms with Gasteiger partial charge in [-0.25, -0.2) is 15.8 Å². The molecule has 1 aromatic carbocycles. The molecule has 0 saturated carbocycles. The summed E-state index contributed by atoms with van der Waals surface area (Å²) in [5, 5.41) is 3.84. The molecule has 7 heteroatoms. The highest BCUT2D eigenvalue weighted by atomic mass is 35.5. The van der Waals surface area contributed by atoms with E-state index >= 15 is 0 Å². The van der Waals surface area contributed by atoms with Crippen molar-refractivity contribution in [1.29, 1.82) is 0 Å². The van der Waals surface area contributed by atoms with Gasteiger partial charge >= 0.3 is 0 Å². The molecule has 4 N–H and O–H groups in total. The molecule has 0 aliphatic heterocycles. The Labute approximate surface area is 128 Å². The van der Waals surface area contributed by atoms with E-state index in [-0.39, 0.29) is 0 Å². The Kier molecular flexibility index (Phi) is 4.82. The number of nitrogen functional groups attached to an aromatic ring is 1. The Morgan fingerprint density at radius 2 is 2.00 bits per heavy atom. The summed E-state index contributed by atoms with van der Waals surface area (Å²) in [6.45, 7) is 3.86. The fraction of sp³-hybridized carbons (Fsp3) is 0.286. The number of anilines is 3. The Bertz CT molecular complexity index is 648. The number of benzene rings is 1. The van der Waals surface area contributed by atoms with Gasteiger partial charge < -0.3 is 15.5 Å². The number of nitrogens with one attached hydrogen (secondary N) is 2. The zero-order valence-corrected chi connectivity index (χ0v) is 13.0. The lowest BCUT2D eigenvalue weighted by molar-refractivity contribution is 0.417. The van der Waals surface area contributed by atoms with Crippen molar-refractivity contribution < 1.29 is 4.74 Å². The Balaban J connectivity index is 2.46. The first kappa shape index (κ1) is 15.3. The van der Waals surface area contributed by atoms with Crippen molar-refractivity contribution >= 4 is 28.9 Å². The molecule has 1 aromatic heterocycles. The van der Waals surface area contributed by atoms with Crippen LogP contribution in [0, 0.1) is 6.92 Å². The molecule has 0 unspecified atom stereocenters. The van der Waals surface area contributed by atoms with E-state index in [1.165, 1.54) is 0 Å². The molecule has 0 atom stereocenters. The first-order valence-electron chi connectivity index (χ1n) is 6.53. The van der Waals surface area contributed by atoms with Crippen molar-refractivity contribution in [2.45, 2.75) is 20.3 Å². The van der Waals surface area contributed by atoms with Gasteiger partial charge in [0.05, 0.1) is 12.8 Å². The summed E-state index contributed by atoms with van der Waals surface area (Å²) in [4.78, 5) is 8.81. The van der Waals surface area contributed by atoms with Crippen LogP contribution in [0.5, 0.6) is 5.75 Å². The summed E-state index contributed by atoms with van der Waals surface area (Å²) in [5.41, 5.74) is 4.14. The highest BCUT2D eigenvalue weighted by molar-refractivity contribution is 6.31. The van der Waals surface area contributed by atoms with Crippen molar-refractivity contribution in [3.63, 3.8) is 0 Å². The lowest BCUT2D eigenvalue weighted by Crippen LogP contribution is -2.14. The minimum absolute atomic E-state index is 0.588. The van der Waals surface area contributed by atoms with Crippen molar-refractivity contribution in [3.05, 3.63) is 34.6 Å².